The molecule has 0 radical (unpaired) electrons. The number of aromatic nitrogens is 1. The van der Waals surface area contributed by atoms with Crippen molar-refractivity contribution < 1.29 is 9.53 Å². The molecule has 5 heteroatoms. The smallest absolute Gasteiger partial charge is 0.341 e. The molecule has 110 valence electrons. The fourth-order valence-corrected chi connectivity index (χ4v) is 2.88. The number of ether oxygens (including phenoxy) is 1. The van der Waals surface area contributed by atoms with Gasteiger partial charge in [-0.05, 0) is 24.8 Å². The second-order valence-corrected chi connectivity index (χ2v) is 5.52. The lowest BCUT2D eigenvalue weighted by Gasteiger charge is -2.28. The molecule has 1 saturated carbocycles. The van der Waals surface area contributed by atoms with E-state index < -0.39 is 5.97 Å². The fraction of sp³-hybridized carbons (Fsp3) is 0.600. The largest absolute Gasteiger partial charge is 0.465 e. The van der Waals surface area contributed by atoms with E-state index in [1.165, 1.54) is 39.2 Å². The number of methoxy groups -OCH3 is 1. The Labute approximate surface area is 120 Å². The van der Waals surface area contributed by atoms with Crippen molar-refractivity contribution in [1.29, 1.82) is 0 Å². The number of rotatable bonds is 4. The zero-order valence-corrected chi connectivity index (χ0v) is 12.3. The first kappa shape index (κ1) is 14.6. The van der Waals surface area contributed by atoms with Gasteiger partial charge in [-0.15, -0.1) is 0 Å². The Bertz CT molecular complexity index is 470. The third kappa shape index (κ3) is 3.40. The summed E-state index contributed by atoms with van der Waals surface area (Å²) in [5, 5.41) is 0. The number of anilines is 2. The van der Waals surface area contributed by atoms with Gasteiger partial charge < -0.3 is 15.4 Å². The highest BCUT2D eigenvalue weighted by Crippen LogP contribution is 2.27. The first-order valence-corrected chi connectivity index (χ1v) is 7.16. The van der Waals surface area contributed by atoms with Crippen molar-refractivity contribution in [2.24, 2.45) is 5.92 Å². The molecule has 1 aliphatic carbocycles. The van der Waals surface area contributed by atoms with Crippen molar-refractivity contribution in [3.63, 3.8) is 0 Å². The summed E-state index contributed by atoms with van der Waals surface area (Å²) in [5.41, 5.74) is 6.62. The van der Waals surface area contributed by atoms with Crippen LogP contribution in [0.3, 0.4) is 0 Å². The Kier molecular flexibility index (Phi) is 4.82. The van der Waals surface area contributed by atoms with Gasteiger partial charge in [0.1, 0.15) is 11.4 Å². The number of hydrogen-bond acceptors (Lipinski definition) is 5. The Morgan fingerprint density at radius 3 is 2.80 bits per heavy atom. The molecule has 0 aromatic carbocycles. The molecule has 0 unspecified atom stereocenters. The van der Waals surface area contributed by atoms with Crippen LogP contribution in [0.5, 0.6) is 0 Å². The molecule has 2 rings (SSSR count). The van der Waals surface area contributed by atoms with Gasteiger partial charge in [-0.3, -0.25) is 0 Å². The standard InChI is InChI=1S/C15H23N3O2/c1-18(10-11-6-4-3-5-7-11)14-13(15(19)20-2)8-12(16)9-17-14/h8-9,11H,3-7,10,16H2,1-2H3. The number of nitrogens with zero attached hydrogens (tertiary/aromatic N) is 2. The highest BCUT2D eigenvalue weighted by Gasteiger charge is 2.21. The van der Waals surface area contributed by atoms with E-state index >= 15 is 0 Å². The molecular weight excluding hydrogens is 254 g/mol. The molecule has 0 spiro atoms. The average Bonchev–Trinajstić information content (AvgIpc) is 2.47. The molecule has 0 amide bonds. The minimum atomic E-state index is -0.393. The maximum Gasteiger partial charge on any atom is 0.341 e. The fourth-order valence-electron chi connectivity index (χ4n) is 2.88. The summed E-state index contributed by atoms with van der Waals surface area (Å²) in [7, 11) is 3.34. The van der Waals surface area contributed by atoms with Gasteiger partial charge in [0, 0.05) is 13.6 Å². The van der Waals surface area contributed by atoms with Crippen LogP contribution in [-0.2, 0) is 4.74 Å². The van der Waals surface area contributed by atoms with Gasteiger partial charge in [-0.25, -0.2) is 9.78 Å². The summed E-state index contributed by atoms with van der Waals surface area (Å²) < 4.78 is 4.81. The van der Waals surface area contributed by atoms with Crippen LogP contribution in [0.2, 0.25) is 0 Å². The number of nitrogens with two attached hydrogens (primary N) is 1. The molecule has 0 saturated heterocycles. The van der Waals surface area contributed by atoms with Crippen molar-refractivity contribution in [1.82, 2.24) is 4.98 Å². The van der Waals surface area contributed by atoms with Crippen molar-refractivity contribution in [2.45, 2.75) is 32.1 Å². The average molecular weight is 277 g/mol. The van der Waals surface area contributed by atoms with Crippen LogP contribution in [0, 0.1) is 5.92 Å². The third-order valence-electron chi connectivity index (χ3n) is 3.91. The maximum absolute atomic E-state index is 11.8. The SMILES string of the molecule is COC(=O)c1cc(N)cnc1N(C)CC1CCCCC1. The molecule has 2 N–H and O–H groups in total. The number of esters is 1. The zero-order chi connectivity index (χ0) is 14.5. The van der Waals surface area contributed by atoms with Gasteiger partial charge >= 0.3 is 5.97 Å². The highest BCUT2D eigenvalue weighted by atomic mass is 16.5. The summed E-state index contributed by atoms with van der Waals surface area (Å²) in [5.74, 6) is 0.936. The molecule has 1 aliphatic rings. The monoisotopic (exact) mass is 277 g/mol. The summed E-state index contributed by atoms with van der Waals surface area (Å²) in [4.78, 5) is 18.2. The van der Waals surface area contributed by atoms with Gasteiger partial charge in [0.05, 0.1) is 19.0 Å². The summed E-state index contributed by atoms with van der Waals surface area (Å²) in [6.45, 7) is 0.918. The van der Waals surface area contributed by atoms with E-state index in [4.69, 9.17) is 10.5 Å². The lowest BCUT2D eigenvalue weighted by molar-refractivity contribution is 0.0601. The Morgan fingerprint density at radius 2 is 2.15 bits per heavy atom. The number of carbonyl (C=O) groups is 1. The minimum absolute atomic E-state index is 0.393. The van der Waals surface area contributed by atoms with Crippen LogP contribution in [0.15, 0.2) is 12.3 Å². The molecule has 20 heavy (non-hydrogen) atoms. The van der Waals surface area contributed by atoms with E-state index in [1.54, 1.807) is 12.3 Å². The van der Waals surface area contributed by atoms with Crippen molar-refractivity contribution >= 4 is 17.5 Å². The van der Waals surface area contributed by atoms with E-state index in [2.05, 4.69) is 4.98 Å². The van der Waals surface area contributed by atoms with E-state index in [9.17, 15) is 4.79 Å². The quantitative estimate of drug-likeness (QED) is 0.856. The van der Waals surface area contributed by atoms with E-state index in [1.807, 2.05) is 11.9 Å². The number of carbonyl (C=O) groups excluding carboxylic acids is 1. The molecule has 0 aliphatic heterocycles. The van der Waals surface area contributed by atoms with Crippen LogP contribution < -0.4 is 10.6 Å². The van der Waals surface area contributed by atoms with Gasteiger partial charge in [-0.2, -0.15) is 0 Å². The first-order valence-electron chi connectivity index (χ1n) is 7.16. The third-order valence-corrected chi connectivity index (χ3v) is 3.91. The Morgan fingerprint density at radius 1 is 1.45 bits per heavy atom. The van der Waals surface area contributed by atoms with Crippen LogP contribution in [0.25, 0.3) is 0 Å². The zero-order valence-electron chi connectivity index (χ0n) is 12.3. The van der Waals surface area contributed by atoms with Crippen LogP contribution in [0.4, 0.5) is 11.5 Å². The van der Waals surface area contributed by atoms with Gasteiger partial charge in [0.2, 0.25) is 0 Å². The topological polar surface area (TPSA) is 68.5 Å². The van der Waals surface area contributed by atoms with Crippen molar-refractivity contribution in [3.05, 3.63) is 17.8 Å². The van der Waals surface area contributed by atoms with Gasteiger partial charge in [0.15, 0.2) is 0 Å². The molecule has 1 heterocycles. The number of hydrogen-bond donors (Lipinski definition) is 1. The molecule has 1 aromatic rings. The number of nitrogen functional groups attached to an aromatic ring is 1. The van der Waals surface area contributed by atoms with E-state index in [-0.39, 0.29) is 0 Å². The predicted octanol–water partition coefficient (Wildman–Crippen LogP) is 2.47. The van der Waals surface area contributed by atoms with Gasteiger partial charge in [0.25, 0.3) is 0 Å². The molecule has 5 nitrogen and oxygen atoms in total. The molecule has 1 fully saturated rings. The van der Waals surface area contributed by atoms with Gasteiger partial charge in [-0.1, -0.05) is 19.3 Å². The molecule has 0 bridgehead atoms. The normalized spacial score (nSPS) is 15.9. The highest BCUT2D eigenvalue weighted by molar-refractivity contribution is 5.95. The lowest BCUT2D eigenvalue weighted by atomic mass is 9.89. The molecule has 0 atom stereocenters. The van der Waals surface area contributed by atoms with E-state index in [0.29, 0.717) is 23.0 Å². The van der Waals surface area contributed by atoms with Crippen LogP contribution >= 0.6 is 0 Å². The molecule has 1 aromatic heterocycles. The lowest BCUT2D eigenvalue weighted by Crippen LogP contribution is -2.29. The molecular formula is C15H23N3O2. The van der Waals surface area contributed by atoms with Crippen LogP contribution in [-0.4, -0.2) is 31.7 Å². The van der Waals surface area contributed by atoms with Crippen molar-refractivity contribution in [3.8, 4) is 0 Å². The maximum atomic E-state index is 11.8. The van der Waals surface area contributed by atoms with Crippen LogP contribution in [0.1, 0.15) is 42.5 Å². The summed E-state index contributed by atoms with van der Waals surface area (Å²) >= 11 is 0. The summed E-state index contributed by atoms with van der Waals surface area (Å²) in [6, 6.07) is 1.63. The Hall–Kier alpha value is -1.78. The summed E-state index contributed by atoms with van der Waals surface area (Å²) in [6.07, 6.45) is 8.04. The van der Waals surface area contributed by atoms with E-state index in [0.717, 1.165) is 6.54 Å². The second-order valence-electron chi connectivity index (χ2n) is 5.52. The minimum Gasteiger partial charge on any atom is -0.465 e. The predicted molar refractivity (Wildman–Crippen MR) is 79.8 cm³/mol. The Balaban J connectivity index is 2.15. The number of pyridine rings is 1. The first-order chi connectivity index (χ1) is 9.61. The van der Waals surface area contributed by atoms with Crippen molar-refractivity contribution in [2.75, 3.05) is 31.3 Å². The second kappa shape index (κ2) is 6.59.